The van der Waals surface area contributed by atoms with E-state index in [1.165, 1.54) is 12.1 Å². The maximum atomic E-state index is 13.0. The minimum Gasteiger partial charge on any atom is -0.377 e. The maximum absolute atomic E-state index is 13.0. The van der Waals surface area contributed by atoms with Crippen molar-refractivity contribution in [2.45, 2.75) is 44.4 Å². The van der Waals surface area contributed by atoms with Gasteiger partial charge in [-0.3, -0.25) is 4.90 Å². The van der Waals surface area contributed by atoms with Crippen LogP contribution in [0.2, 0.25) is 0 Å². The highest BCUT2D eigenvalue weighted by Gasteiger charge is 2.37. The molecule has 0 aliphatic carbocycles. The van der Waals surface area contributed by atoms with Crippen LogP contribution in [0.4, 0.5) is 4.39 Å². The molecule has 1 aliphatic rings. The first kappa shape index (κ1) is 15.4. The maximum Gasteiger partial charge on any atom is 0.123 e. The van der Waals surface area contributed by atoms with E-state index in [4.69, 9.17) is 10.5 Å². The monoisotopic (exact) mass is 280 g/mol. The molecule has 3 unspecified atom stereocenters. The van der Waals surface area contributed by atoms with Gasteiger partial charge < -0.3 is 10.5 Å². The first-order chi connectivity index (χ1) is 9.46. The molecule has 3 nitrogen and oxygen atoms in total. The average Bonchev–Trinajstić information content (AvgIpc) is 2.86. The van der Waals surface area contributed by atoms with E-state index in [2.05, 4.69) is 25.8 Å². The van der Waals surface area contributed by atoms with Gasteiger partial charge in [0.15, 0.2) is 0 Å². The molecule has 0 aromatic heterocycles. The lowest BCUT2D eigenvalue weighted by Gasteiger charge is -2.43. The van der Waals surface area contributed by atoms with Gasteiger partial charge in [-0.05, 0) is 51.4 Å². The fraction of sp³-hybridized carbons (Fsp3) is 0.625. The lowest BCUT2D eigenvalue weighted by molar-refractivity contribution is 0.0361. The summed E-state index contributed by atoms with van der Waals surface area (Å²) >= 11 is 0. The van der Waals surface area contributed by atoms with Crippen LogP contribution in [0.5, 0.6) is 0 Å². The van der Waals surface area contributed by atoms with Gasteiger partial charge in [0.25, 0.3) is 0 Å². The molecule has 1 fully saturated rings. The summed E-state index contributed by atoms with van der Waals surface area (Å²) < 4.78 is 18.7. The van der Waals surface area contributed by atoms with E-state index in [0.717, 1.165) is 25.0 Å². The summed E-state index contributed by atoms with van der Waals surface area (Å²) in [7, 11) is 2.12. The van der Waals surface area contributed by atoms with Crippen molar-refractivity contribution < 1.29 is 9.13 Å². The number of halogens is 1. The summed E-state index contributed by atoms with van der Waals surface area (Å²) in [5.41, 5.74) is 7.00. The third-order valence-electron chi connectivity index (χ3n) is 4.62. The SMILES string of the molecule is CC1OCCC1N(C)C(C)(CN)Cc1ccc(F)cc1. The molecular formula is C16H25FN2O. The van der Waals surface area contributed by atoms with Gasteiger partial charge in [0, 0.05) is 24.7 Å². The predicted octanol–water partition coefficient (Wildman–Crippen LogP) is 2.19. The van der Waals surface area contributed by atoms with E-state index in [1.54, 1.807) is 0 Å². The Kier molecular flexibility index (Phi) is 4.78. The zero-order chi connectivity index (χ0) is 14.8. The molecule has 1 aromatic rings. The minimum absolute atomic E-state index is 0.148. The van der Waals surface area contributed by atoms with Crippen molar-refractivity contribution >= 4 is 0 Å². The fourth-order valence-electron chi connectivity index (χ4n) is 3.01. The third-order valence-corrected chi connectivity index (χ3v) is 4.62. The standard InChI is InChI=1S/C16H25FN2O/c1-12-15(8-9-20-12)19(3)16(2,11-18)10-13-4-6-14(17)7-5-13/h4-7,12,15H,8-11,18H2,1-3H3. The Morgan fingerprint density at radius 3 is 2.55 bits per heavy atom. The van der Waals surface area contributed by atoms with Crippen molar-refractivity contribution in [2.24, 2.45) is 5.73 Å². The number of nitrogens with two attached hydrogens (primary N) is 1. The van der Waals surface area contributed by atoms with Crippen LogP contribution in [0.15, 0.2) is 24.3 Å². The molecule has 112 valence electrons. The van der Waals surface area contributed by atoms with Crippen molar-refractivity contribution in [3.8, 4) is 0 Å². The van der Waals surface area contributed by atoms with E-state index in [-0.39, 0.29) is 17.5 Å². The Balaban J connectivity index is 2.13. The highest BCUT2D eigenvalue weighted by molar-refractivity contribution is 5.19. The lowest BCUT2D eigenvalue weighted by Crippen LogP contribution is -2.56. The van der Waals surface area contributed by atoms with Gasteiger partial charge in [-0.2, -0.15) is 0 Å². The van der Waals surface area contributed by atoms with Crippen molar-refractivity contribution in [3.63, 3.8) is 0 Å². The Morgan fingerprint density at radius 1 is 1.40 bits per heavy atom. The smallest absolute Gasteiger partial charge is 0.123 e. The molecule has 0 amide bonds. The minimum atomic E-state index is -0.200. The molecule has 1 heterocycles. The summed E-state index contributed by atoms with van der Waals surface area (Å²) in [4.78, 5) is 2.34. The summed E-state index contributed by atoms with van der Waals surface area (Å²) in [5.74, 6) is -0.200. The number of benzene rings is 1. The van der Waals surface area contributed by atoms with Crippen LogP contribution in [0.1, 0.15) is 25.8 Å². The van der Waals surface area contributed by atoms with Crippen LogP contribution in [0.3, 0.4) is 0 Å². The first-order valence-electron chi connectivity index (χ1n) is 7.25. The van der Waals surface area contributed by atoms with Gasteiger partial charge in [0.2, 0.25) is 0 Å². The van der Waals surface area contributed by atoms with Gasteiger partial charge in [0.05, 0.1) is 6.10 Å². The molecule has 0 spiro atoms. The van der Waals surface area contributed by atoms with Crippen LogP contribution < -0.4 is 5.73 Å². The number of nitrogens with zero attached hydrogens (tertiary/aromatic N) is 1. The molecule has 1 aromatic carbocycles. The van der Waals surface area contributed by atoms with Crippen molar-refractivity contribution in [1.82, 2.24) is 4.90 Å². The van der Waals surface area contributed by atoms with Crippen LogP contribution in [0, 0.1) is 5.82 Å². The fourth-order valence-corrected chi connectivity index (χ4v) is 3.01. The Morgan fingerprint density at radius 2 is 2.05 bits per heavy atom. The largest absolute Gasteiger partial charge is 0.377 e. The van der Waals surface area contributed by atoms with Gasteiger partial charge in [-0.25, -0.2) is 4.39 Å². The van der Waals surface area contributed by atoms with E-state index in [0.29, 0.717) is 12.6 Å². The summed E-state index contributed by atoms with van der Waals surface area (Å²) in [6.07, 6.45) is 2.08. The Bertz CT molecular complexity index is 437. The number of hydrogen-bond acceptors (Lipinski definition) is 3. The number of hydrogen-bond donors (Lipinski definition) is 1. The molecule has 0 bridgehead atoms. The molecule has 4 heteroatoms. The van der Waals surface area contributed by atoms with Gasteiger partial charge in [-0.1, -0.05) is 12.1 Å². The molecule has 0 radical (unpaired) electrons. The Hall–Kier alpha value is -0.970. The second kappa shape index (κ2) is 6.20. The summed E-state index contributed by atoms with van der Waals surface area (Å²) in [6.45, 7) is 5.65. The summed E-state index contributed by atoms with van der Waals surface area (Å²) in [6, 6.07) is 7.09. The normalized spacial score (nSPS) is 25.9. The zero-order valence-corrected chi connectivity index (χ0v) is 12.6. The van der Waals surface area contributed by atoms with E-state index < -0.39 is 0 Å². The first-order valence-corrected chi connectivity index (χ1v) is 7.25. The quantitative estimate of drug-likeness (QED) is 0.898. The molecule has 2 N–H and O–H groups in total. The number of likely N-dealkylation sites (N-methyl/N-ethyl adjacent to an activating group) is 1. The van der Waals surface area contributed by atoms with E-state index >= 15 is 0 Å². The van der Waals surface area contributed by atoms with Crippen LogP contribution in [-0.2, 0) is 11.2 Å². The predicted molar refractivity (Wildman–Crippen MR) is 79.1 cm³/mol. The molecule has 1 aliphatic heterocycles. The van der Waals surface area contributed by atoms with Gasteiger partial charge in [0.1, 0.15) is 5.82 Å². The molecule has 20 heavy (non-hydrogen) atoms. The highest BCUT2D eigenvalue weighted by atomic mass is 19.1. The molecular weight excluding hydrogens is 255 g/mol. The van der Waals surface area contributed by atoms with Crippen LogP contribution in [0.25, 0.3) is 0 Å². The van der Waals surface area contributed by atoms with Gasteiger partial charge in [-0.15, -0.1) is 0 Å². The van der Waals surface area contributed by atoms with Crippen LogP contribution >= 0.6 is 0 Å². The molecule has 2 rings (SSSR count). The molecule has 0 saturated carbocycles. The van der Waals surface area contributed by atoms with Crippen molar-refractivity contribution in [3.05, 3.63) is 35.6 Å². The number of ether oxygens (including phenoxy) is 1. The van der Waals surface area contributed by atoms with Crippen LogP contribution in [-0.4, -0.2) is 42.8 Å². The van der Waals surface area contributed by atoms with E-state index in [9.17, 15) is 4.39 Å². The second-order valence-electron chi connectivity index (χ2n) is 6.05. The lowest BCUT2D eigenvalue weighted by atomic mass is 9.89. The molecule has 1 saturated heterocycles. The second-order valence-corrected chi connectivity index (χ2v) is 6.05. The molecule has 3 atom stereocenters. The van der Waals surface area contributed by atoms with Crippen molar-refractivity contribution in [2.75, 3.05) is 20.2 Å². The number of rotatable bonds is 5. The zero-order valence-electron chi connectivity index (χ0n) is 12.6. The topological polar surface area (TPSA) is 38.5 Å². The average molecular weight is 280 g/mol. The highest BCUT2D eigenvalue weighted by Crippen LogP contribution is 2.27. The Labute approximate surface area is 120 Å². The summed E-state index contributed by atoms with van der Waals surface area (Å²) in [5, 5.41) is 0. The third kappa shape index (κ3) is 3.19. The van der Waals surface area contributed by atoms with E-state index in [1.807, 2.05) is 12.1 Å². The van der Waals surface area contributed by atoms with Gasteiger partial charge >= 0.3 is 0 Å². The van der Waals surface area contributed by atoms with Crippen molar-refractivity contribution in [1.29, 1.82) is 0 Å².